The molecule has 2 amide bonds. The molecule has 0 bridgehead atoms. The Labute approximate surface area is 129 Å². The van der Waals surface area contributed by atoms with E-state index in [-0.39, 0.29) is 24.8 Å². The number of hydrogen-bond acceptors (Lipinski definition) is 4. The Balaban J connectivity index is 1.59. The van der Waals surface area contributed by atoms with Crippen LogP contribution in [0.2, 0.25) is 0 Å². The van der Waals surface area contributed by atoms with E-state index in [2.05, 4.69) is 0 Å². The van der Waals surface area contributed by atoms with Crippen LogP contribution in [0.1, 0.15) is 19.4 Å². The first-order valence-corrected chi connectivity index (χ1v) is 7.42. The van der Waals surface area contributed by atoms with Gasteiger partial charge in [-0.3, -0.25) is 4.90 Å². The van der Waals surface area contributed by atoms with Gasteiger partial charge >= 0.3 is 12.2 Å². The second kappa shape index (κ2) is 5.51. The van der Waals surface area contributed by atoms with Crippen LogP contribution in [0.15, 0.2) is 30.3 Å². The monoisotopic (exact) mass is 304 g/mol. The van der Waals surface area contributed by atoms with E-state index in [1.165, 1.54) is 0 Å². The van der Waals surface area contributed by atoms with Crippen LogP contribution < -0.4 is 0 Å². The number of hydrogen-bond donors (Lipinski definition) is 0. The van der Waals surface area contributed by atoms with Crippen molar-refractivity contribution in [1.29, 1.82) is 0 Å². The Morgan fingerprint density at radius 2 is 2.05 bits per heavy atom. The molecule has 2 heterocycles. The van der Waals surface area contributed by atoms with Gasteiger partial charge < -0.3 is 14.4 Å². The SMILES string of the molecule is CC1(C)OC(=O)N2CCN(C(=O)OCc3ccccc3)CC21. The molecular weight excluding hydrogens is 284 g/mol. The first-order valence-electron chi connectivity index (χ1n) is 7.42. The molecule has 2 aliphatic heterocycles. The number of nitrogens with zero attached hydrogens (tertiary/aromatic N) is 2. The minimum Gasteiger partial charge on any atom is -0.445 e. The Hall–Kier alpha value is -2.24. The predicted octanol–water partition coefficient (Wildman–Crippen LogP) is 2.24. The lowest BCUT2D eigenvalue weighted by molar-refractivity contribution is 0.0347. The van der Waals surface area contributed by atoms with Gasteiger partial charge in [-0.15, -0.1) is 0 Å². The second-order valence-corrected chi connectivity index (χ2v) is 6.17. The number of rotatable bonds is 2. The number of fused-ring (bicyclic) bond motifs is 1. The lowest BCUT2D eigenvalue weighted by atomic mass is 9.97. The van der Waals surface area contributed by atoms with Crippen LogP contribution in [-0.4, -0.2) is 53.3 Å². The van der Waals surface area contributed by atoms with E-state index in [4.69, 9.17) is 9.47 Å². The van der Waals surface area contributed by atoms with Gasteiger partial charge in [0.15, 0.2) is 0 Å². The third kappa shape index (κ3) is 2.73. The van der Waals surface area contributed by atoms with Crippen LogP contribution in [0.5, 0.6) is 0 Å². The maximum absolute atomic E-state index is 12.2. The highest BCUT2D eigenvalue weighted by atomic mass is 16.6. The van der Waals surface area contributed by atoms with Crippen molar-refractivity contribution in [2.75, 3.05) is 19.6 Å². The van der Waals surface area contributed by atoms with E-state index in [1.54, 1.807) is 9.80 Å². The Morgan fingerprint density at radius 3 is 2.77 bits per heavy atom. The molecule has 0 spiro atoms. The van der Waals surface area contributed by atoms with Gasteiger partial charge in [-0.25, -0.2) is 9.59 Å². The molecule has 3 rings (SSSR count). The molecule has 1 atom stereocenters. The Kier molecular flexibility index (Phi) is 3.68. The van der Waals surface area contributed by atoms with Crippen LogP contribution >= 0.6 is 0 Å². The van der Waals surface area contributed by atoms with Gasteiger partial charge in [0, 0.05) is 19.6 Å². The highest BCUT2D eigenvalue weighted by Crippen LogP contribution is 2.32. The molecule has 1 aromatic carbocycles. The van der Waals surface area contributed by atoms with E-state index in [0.29, 0.717) is 19.6 Å². The molecule has 2 fully saturated rings. The van der Waals surface area contributed by atoms with Gasteiger partial charge in [-0.1, -0.05) is 30.3 Å². The maximum Gasteiger partial charge on any atom is 0.410 e. The minimum absolute atomic E-state index is 0.127. The van der Waals surface area contributed by atoms with Gasteiger partial charge in [-0.05, 0) is 19.4 Å². The van der Waals surface area contributed by atoms with Crippen molar-refractivity contribution in [3.05, 3.63) is 35.9 Å². The van der Waals surface area contributed by atoms with E-state index < -0.39 is 5.60 Å². The number of piperazine rings is 1. The number of cyclic esters (lactones) is 1. The van der Waals surface area contributed by atoms with E-state index >= 15 is 0 Å². The maximum atomic E-state index is 12.2. The summed E-state index contributed by atoms with van der Waals surface area (Å²) in [5.74, 6) is 0. The van der Waals surface area contributed by atoms with Crippen LogP contribution in [0, 0.1) is 0 Å². The van der Waals surface area contributed by atoms with Crippen molar-refractivity contribution in [3.63, 3.8) is 0 Å². The fraction of sp³-hybridized carbons (Fsp3) is 0.500. The summed E-state index contributed by atoms with van der Waals surface area (Å²) in [6.45, 7) is 5.38. The summed E-state index contributed by atoms with van der Waals surface area (Å²) in [5.41, 5.74) is 0.365. The summed E-state index contributed by atoms with van der Waals surface area (Å²) in [6.07, 6.45) is -0.647. The van der Waals surface area contributed by atoms with Crippen LogP contribution in [0.4, 0.5) is 9.59 Å². The molecule has 0 aromatic heterocycles. The zero-order valence-electron chi connectivity index (χ0n) is 12.8. The Bertz CT molecular complexity index is 573. The summed E-state index contributed by atoms with van der Waals surface area (Å²) < 4.78 is 10.7. The number of ether oxygens (including phenoxy) is 2. The molecule has 118 valence electrons. The van der Waals surface area contributed by atoms with Crippen LogP contribution in [-0.2, 0) is 16.1 Å². The lowest BCUT2D eigenvalue weighted by Gasteiger charge is -2.38. The third-order valence-electron chi connectivity index (χ3n) is 4.23. The quantitative estimate of drug-likeness (QED) is 0.841. The summed E-state index contributed by atoms with van der Waals surface area (Å²) in [4.78, 5) is 27.3. The van der Waals surface area contributed by atoms with E-state index in [9.17, 15) is 9.59 Å². The molecule has 2 saturated heterocycles. The predicted molar refractivity (Wildman–Crippen MR) is 79.3 cm³/mol. The van der Waals surface area contributed by atoms with Crippen LogP contribution in [0.3, 0.4) is 0 Å². The molecule has 1 aromatic rings. The van der Waals surface area contributed by atoms with E-state index in [1.807, 2.05) is 44.2 Å². The summed E-state index contributed by atoms with van der Waals surface area (Å²) in [6, 6.07) is 9.44. The molecule has 0 N–H and O–H groups in total. The highest BCUT2D eigenvalue weighted by Gasteiger charge is 2.50. The first kappa shape index (κ1) is 14.7. The smallest absolute Gasteiger partial charge is 0.410 e. The number of carbonyl (C=O) groups excluding carboxylic acids is 2. The number of amides is 2. The Morgan fingerprint density at radius 1 is 1.32 bits per heavy atom. The summed E-state index contributed by atoms with van der Waals surface area (Å²) in [5, 5.41) is 0. The van der Waals surface area contributed by atoms with Crippen molar-refractivity contribution in [2.24, 2.45) is 0 Å². The number of carbonyl (C=O) groups is 2. The van der Waals surface area contributed by atoms with Crippen molar-refractivity contribution in [2.45, 2.75) is 32.1 Å². The van der Waals surface area contributed by atoms with Gasteiger partial charge in [0.25, 0.3) is 0 Å². The van der Waals surface area contributed by atoms with Crippen molar-refractivity contribution < 1.29 is 19.1 Å². The topological polar surface area (TPSA) is 59.1 Å². The molecule has 0 saturated carbocycles. The van der Waals surface area contributed by atoms with Crippen LogP contribution in [0.25, 0.3) is 0 Å². The fourth-order valence-corrected chi connectivity index (χ4v) is 2.92. The second-order valence-electron chi connectivity index (χ2n) is 6.17. The third-order valence-corrected chi connectivity index (χ3v) is 4.23. The highest BCUT2D eigenvalue weighted by molar-refractivity contribution is 5.73. The molecular formula is C16H20N2O4. The van der Waals surface area contributed by atoms with Gasteiger partial charge in [0.1, 0.15) is 12.2 Å². The summed E-state index contributed by atoms with van der Waals surface area (Å²) >= 11 is 0. The zero-order chi connectivity index (χ0) is 15.7. The molecule has 6 nitrogen and oxygen atoms in total. The summed E-state index contributed by atoms with van der Waals surface area (Å²) in [7, 11) is 0. The molecule has 1 unspecified atom stereocenters. The molecule has 2 aliphatic rings. The van der Waals surface area contributed by atoms with Crippen molar-refractivity contribution in [1.82, 2.24) is 9.80 Å². The normalized spacial score (nSPS) is 23.0. The van der Waals surface area contributed by atoms with Gasteiger partial charge in [0.05, 0.1) is 6.04 Å². The molecule has 0 radical (unpaired) electrons. The minimum atomic E-state index is -0.588. The zero-order valence-corrected chi connectivity index (χ0v) is 12.8. The lowest BCUT2D eigenvalue weighted by Crippen LogP contribution is -2.57. The number of benzene rings is 1. The first-order chi connectivity index (χ1) is 10.5. The largest absolute Gasteiger partial charge is 0.445 e. The molecule has 6 heteroatoms. The fourth-order valence-electron chi connectivity index (χ4n) is 2.92. The average molecular weight is 304 g/mol. The molecule has 0 aliphatic carbocycles. The average Bonchev–Trinajstić information content (AvgIpc) is 2.75. The van der Waals surface area contributed by atoms with Gasteiger partial charge in [0.2, 0.25) is 0 Å². The van der Waals surface area contributed by atoms with E-state index in [0.717, 1.165) is 5.56 Å². The van der Waals surface area contributed by atoms with Crippen molar-refractivity contribution in [3.8, 4) is 0 Å². The van der Waals surface area contributed by atoms with Gasteiger partial charge in [-0.2, -0.15) is 0 Å². The van der Waals surface area contributed by atoms with Crippen molar-refractivity contribution >= 4 is 12.2 Å². The molecule has 22 heavy (non-hydrogen) atoms. The standard InChI is InChI=1S/C16H20N2O4/c1-16(2)13-10-17(8-9-18(13)15(20)22-16)14(19)21-11-12-6-4-3-5-7-12/h3-7,13H,8-11H2,1-2H3.